The number of aromatic amines is 1. The molecule has 404 valence electrons. The van der Waals surface area contributed by atoms with Crippen LogP contribution in [0.3, 0.4) is 0 Å². The summed E-state index contributed by atoms with van der Waals surface area (Å²) >= 11 is 0. The summed E-state index contributed by atoms with van der Waals surface area (Å²) in [6.07, 6.45) is 2.82. The van der Waals surface area contributed by atoms with Crippen molar-refractivity contribution in [2.24, 2.45) is 5.92 Å². The molecular formula is C63H67N5O10. The van der Waals surface area contributed by atoms with Crippen molar-refractivity contribution in [1.29, 1.82) is 0 Å². The van der Waals surface area contributed by atoms with Crippen LogP contribution in [0.15, 0.2) is 163 Å². The van der Waals surface area contributed by atoms with E-state index in [0.29, 0.717) is 103 Å². The number of aromatic nitrogens is 1. The van der Waals surface area contributed by atoms with E-state index in [1.165, 1.54) is 17.7 Å². The number of pyridine rings is 1. The molecule has 0 saturated carbocycles. The number of esters is 1. The number of rotatable bonds is 18. The number of nitrogens with zero attached hydrogens (tertiary/aromatic N) is 3. The van der Waals surface area contributed by atoms with Gasteiger partial charge in [-0.1, -0.05) is 103 Å². The van der Waals surface area contributed by atoms with Crippen molar-refractivity contribution in [3.8, 4) is 11.5 Å². The second-order valence-electron chi connectivity index (χ2n) is 20.9. The van der Waals surface area contributed by atoms with Crippen molar-refractivity contribution >= 4 is 28.7 Å². The number of phenolic OH excluding ortho intramolecular Hbond substituents is 1. The zero-order valence-electron chi connectivity index (χ0n) is 43.7. The summed E-state index contributed by atoms with van der Waals surface area (Å²) in [6.45, 7) is 6.28. The predicted molar refractivity (Wildman–Crippen MR) is 296 cm³/mol. The number of hydrogen-bond acceptors (Lipinski definition) is 12. The Morgan fingerprint density at radius 2 is 1.40 bits per heavy atom. The van der Waals surface area contributed by atoms with Gasteiger partial charge in [0.15, 0.2) is 0 Å². The molecule has 6 aromatic carbocycles. The largest absolute Gasteiger partial charge is 0.506 e. The van der Waals surface area contributed by atoms with E-state index in [2.05, 4.69) is 39.5 Å². The van der Waals surface area contributed by atoms with Gasteiger partial charge in [-0.3, -0.25) is 19.3 Å². The van der Waals surface area contributed by atoms with E-state index < -0.39 is 23.3 Å². The molecule has 1 spiro atoms. The summed E-state index contributed by atoms with van der Waals surface area (Å²) in [5.41, 5.74) is 2.99. The van der Waals surface area contributed by atoms with Crippen LogP contribution in [-0.2, 0) is 39.4 Å². The van der Waals surface area contributed by atoms with Crippen LogP contribution < -0.4 is 15.6 Å². The maximum Gasteiger partial charge on any atom is 0.347 e. The van der Waals surface area contributed by atoms with Crippen LogP contribution >= 0.6 is 0 Å². The average Bonchev–Trinajstić information content (AvgIpc) is 3.51. The standard InChI is InChI=1S/C63H67N5O10/c69-55-24-22-53(54-23-25-57(71)65-58(54)55)56(70)39-64-31-26-44-14-18-48(19-15-44)59(72)67-34-29-62(30-35-67)43-68(36-37-78-62)60(73)49-20-16-46(17-21-49)41-76-52-13-7-12-51(38-52)63(75,50-10-5-2-6-11-50)61(74)77-42-47-27-32-66(33-28-47)40-45-8-3-1-4-9-45/h1-25,38,47,56,64,69-70,75H,26-37,39-43H2,(H,65,71)/t56-,63?/m0/s1. The number of carbonyl (C=O) groups is 3. The highest BCUT2D eigenvalue weighted by Gasteiger charge is 2.44. The lowest BCUT2D eigenvalue weighted by atomic mass is 9.86. The summed E-state index contributed by atoms with van der Waals surface area (Å²) < 4.78 is 18.5. The van der Waals surface area contributed by atoms with E-state index in [9.17, 15) is 34.5 Å². The van der Waals surface area contributed by atoms with Gasteiger partial charge in [0.2, 0.25) is 11.2 Å². The Balaban J connectivity index is 0.676. The van der Waals surface area contributed by atoms with Crippen molar-refractivity contribution in [2.75, 3.05) is 65.6 Å². The number of morpholine rings is 1. The number of aliphatic hydroxyl groups excluding tert-OH is 1. The number of likely N-dealkylation sites (tertiary alicyclic amines) is 2. The fourth-order valence-corrected chi connectivity index (χ4v) is 11.0. The number of fused-ring (bicyclic) bond motifs is 1. The number of aromatic hydroxyl groups is 1. The van der Waals surface area contributed by atoms with Gasteiger partial charge in [0, 0.05) is 60.9 Å². The van der Waals surface area contributed by atoms with Crippen LogP contribution in [0.2, 0.25) is 0 Å². The maximum atomic E-state index is 14.0. The lowest BCUT2D eigenvalue weighted by Crippen LogP contribution is -2.58. The Morgan fingerprint density at radius 1 is 0.731 bits per heavy atom. The molecule has 3 aliphatic heterocycles. The monoisotopic (exact) mass is 1050 g/mol. The van der Waals surface area contributed by atoms with Gasteiger partial charge in [0.05, 0.1) is 37.0 Å². The van der Waals surface area contributed by atoms with Gasteiger partial charge in [0.1, 0.15) is 18.1 Å². The second kappa shape index (κ2) is 24.3. The summed E-state index contributed by atoms with van der Waals surface area (Å²) in [4.78, 5) is 62.1. The summed E-state index contributed by atoms with van der Waals surface area (Å²) in [5.74, 6) is -0.271. The molecule has 10 rings (SSSR count). The molecule has 0 radical (unpaired) electrons. The molecule has 2 atom stereocenters. The number of amides is 2. The molecule has 3 fully saturated rings. The molecule has 0 aliphatic carbocycles. The minimum Gasteiger partial charge on any atom is -0.506 e. The van der Waals surface area contributed by atoms with Gasteiger partial charge in [0.25, 0.3) is 11.8 Å². The minimum absolute atomic E-state index is 0.0497. The molecule has 15 heteroatoms. The van der Waals surface area contributed by atoms with E-state index in [0.717, 1.165) is 43.6 Å². The van der Waals surface area contributed by atoms with E-state index in [1.807, 2.05) is 58.3 Å². The highest BCUT2D eigenvalue weighted by Crippen LogP contribution is 2.35. The molecule has 7 aromatic rings. The van der Waals surface area contributed by atoms with Crippen molar-refractivity contribution in [3.05, 3.63) is 213 Å². The third-order valence-electron chi connectivity index (χ3n) is 15.6. The zero-order valence-corrected chi connectivity index (χ0v) is 43.7. The lowest BCUT2D eigenvalue weighted by molar-refractivity contribution is -0.164. The normalized spacial score (nSPS) is 17.1. The third-order valence-corrected chi connectivity index (χ3v) is 15.6. The molecule has 3 saturated heterocycles. The number of H-pyrrole nitrogens is 1. The number of benzene rings is 6. The van der Waals surface area contributed by atoms with E-state index >= 15 is 0 Å². The van der Waals surface area contributed by atoms with Crippen molar-refractivity contribution in [3.63, 3.8) is 0 Å². The van der Waals surface area contributed by atoms with E-state index in [-0.39, 0.29) is 48.8 Å². The highest BCUT2D eigenvalue weighted by atomic mass is 16.6. The first kappa shape index (κ1) is 53.7. The summed E-state index contributed by atoms with van der Waals surface area (Å²) in [7, 11) is 0. The second-order valence-corrected chi connectivity index (χ2v) is 20.9. The first-order chi connectivity index (χ1) is 37.9. The van der Waals surface area contributed by atoms with Gasteiger partial charge in [-0.25, -0.2) is 4.79 Å². The fraction of sp³-hybridized carbons (Fsp3) is 0.333. The Hall–Kier alpha value is -7.66. The number of hydrogen-bond donors (Lipinski definition) is 5. The molecule has 3 aliphatic rings. The number of phenols is 1. The number of carbonyl (C=O) groups excluding carboxylic acids is 3. The number of piperidine rings is 2. The number of nitrogens with one attached hydrogen (secondary N) is 2. The quantitative estimate of drug-likeness (QED) is 0.0420. The molecule has 0 bridgehead atoms. The SMILES string of the molecule is O=C(c1ccc(CCNC[C@H](O)c2ccc(O)c3[nH]c(=O)ccc23)cc1)N1CCC2(CC1)CN(C(=O)c1ccc(COc3cccc(C(O)(C(=O)OCC4CCN(Cc5ccccc5)CC4)c4ccccc4)c3)cc1)CCO2. The molecule has 78 heavy (non-hydrogen) atoms. The van der Waals surface area contributed by atoms with Crippen LogP contribution in [0, 0.1) is 5.92 Å². The molecule has 1 aromatic heterocycles. The molecular weight excluding hydrogens is 987 g/mol. The van der Waals surface area contributed by atoms with Crippen LogP contribution in [-0.4, -0.2) is 124 Å². The van der Waals surface area contributed by atoms with Gasteiger partial charge in [-0.05, 0) is 134 Å². The molecule has 15 nitrogen and oxygen atoms in total. The van der Waals surface area contributed by atoms with Crippen LogP contribution in [0.5, 0.6) is 11.5 Å². The zero-order chi connectivity index (χ0) is 54.1. The van der Waals surface area contributed by atoms with Gasteiger partial charge < -0.3 is 49.6 Å². The minimum atomic E-state index is -2.06. The molecule has 5 N–H and O–H groups in total. The average molecular weight is 1050 g/mol. The Labute approximate surface area is 454 Å². The van der Waals surface area contributed by atoms with E-state index in [1.54, 1.807) is 72.8 Å². The molecule has 2 amide bonds. The van der Waals surface area contributed by atoms with Crippen molar-refractivity contribution in [2.45, 2.75) is 62.6 Å². The van der Waals surface area contributed by atoms with Crippen LogP contribution in [0.1, 0.15) is 85.9 Å². The van der Waals surface area contributed by atoms with Crippen LogP contribution in [0.25, 0.3) is 10.9 Å². The maximum absolute atomic E-state index is 14.0. The Morgan fingerprint density at radius 3 is 2.12 bits per heavy atom. The number of aliphatic hydroxyl groups is 2. The first-order valence-electron chi connectivity index (χ1n) is 27.0. The molecule has 4 heterocycles. The van der Waals surface area contributed by atoms with Crippen molar-refractivity contribution < 1.29 is 43.9 Å². The molecule has 1 unspecified atom stereocenters. The lowest BCUT2D eigenvalue weighted by Gasteiger charge is -2.47. The third kappa shape index (κ3) is 12.5. The number of ether oxygens (including phenoxy) is 3. The van der Waals surface area contributed by atoms with Gasteiger partial charge >= 0.3 is 5.97 Å². The summed E-state index contributed by atoms with van der Waals surface area (Å²) in [6, 6.07) is 47.2. The van der Waals surface area contributed by atoms with Gasteiger partial charge in [-0.2, -0.15) is 0 Å². The fourth-order valence-electron chi connectivity index (χ4n) is 11.0. The topological polar surface area (TPSA) is 194 Å². The Bertz CT molecular complexity index is 3230. The smallest absolute Gasteiger partial charge is 0.347 e. The highest BCUT2D eigenvalue weighted by molar-refractivity contribution is 5.95. The van der Waals surface area contributed by atoms with Gasteiger partial charge in [-0.15, -0.1) is 0 Å². The van der Waals surface area contributed by atoms with Crippen LogP contribution in [0.4, 0.5) is 0 Å². The first-order valence-corrected chi connectivity index (χ1v) is 27.0. The Kier molecular flexibility index (Phi) is 16.8. The van der Waals surface area contributed by atoms with Crippen molar-refractivity contribution in [1.82, 2.24) is 25.0 Å². The predicted octanol–water partition coefficient (Wildman–Crippen LogP) is 7.52. The van der Waals surface area contributed by atoms with E-state index in [4.69, 9.17) is 14.2 Å². The summed E-state index contributed by atoms with van der Waals surface area (Å²) in [5, 5.41) is 37.2.